The smallest absolute Gasteiger partial charge is 0.0619 e. The van der Waals surface area contributed by atoms with E-state index >= 15 is 0 Å². The molecule has 0 fully saturated rings. The van der Waals surface area contributed by atoms with Crippen molar-refractivity contribution in [2.45, 2.75) is 32.1 Å². The van der Waals surface area contributed by atoms with Crippen LogP contribution in [0.1, 0.15) is 48.9 Å². The number of nitrogens with zero attached hydrogens (tertiary/aromatic N) is 1. The molecule has 1 aromatic heterocycles. The summed E-state index contributed by atoms with van der Waals surface area (Å²) >= 11 is 0. The third-order valence-corrected chi connectivity index (χ3v) is 13.6. The quantitative estimate of drug-likeness (QED) is 0.185. The van der Waals surface area contributed by atoms with Crippen LogP contribution in [0.15, 0.2) is 194 Å². The molecule has 1 aliphatic heterocycles. The molecule has 12 rings (SSSR count). The molecule has 0 amide bonds. The van der Waals surface area contributed by atoms with Crippen LogP contribution >= 0.6 is 0 Å². The van der Waals surface area contributed by atoms with Crippen LogP contribution in [0.3, 0.4) is 0 Å². The molecule has 286 valence electrons. The Bertz CT molecular complexity index is 3280. The number of nitrogens with one attached hydrogen (secondary N) is 1. The lowest BCUT2D eigenvalue weighted by molar-refractivity contribution is 0.638. The largest absolute Gasteiger partial charge is 0.355 e. The van der Waals surface area contributed by atoms with E-state index in [-0.39, 0.29) is 11.3 Å². The van der Waals surface area contributed by atoms with Gasteiger partial charge in [0.15, 0.2) is 0 Å². The van der Waals surface area contributed by atoms with Crippen molar-refractivity contribution in [2.75, 3.05) is 5.32 Å². The van der Waals surface area contributed by atoms with Crippen LogP contribution in [-0.4, -0.2) is 4.57 Å². The summed E-state index contributed by atoms with van der Waals surface area (Å²) in [6.45, 7) is 7.05. The molecule has 0 saturated heterocycles. The van der Waals surface area contributed by atoms with Gasteiger partial charge in [-0.3, -0.25) is 0 Å². The Balaban J connectivity index is 0.890. The van der Waals surface area contributed by atoms with Crippen LogP contribution in [0.2, 0.25) is 0 Å². The van der Waals surface area contributed by atoms with Gasteiger partial charge in [0.25, 0.3) is 0 Å². The van der Waals surface area contributed by atoms with Crippen molar-refractivity contribution < 1.29 is 0 Å². The molecule has 0 radical (unpaired) electrons. The highest BCUT2D eigenvalue weighted by Crippen LogP contribution is 2.50. The van der Waals surface area contributed by atoms with E-state index in [1.54, 1.807) is 0 Å². The van der Waals surface area contributed by atoms with E-state index in [0.717, 1.165) is 11.4 Å². The van der Waals surface area contributed by atoms with Crippen molar-refractivity contribution in [3.8, 4) is 50.2 Å². The molecule has 2 heteroatoms. The molecule has 9 aromatic rings. The maximum Gasteiger partial charge on any atom is 0.0619 e. The topological polar surface area (TPSA) is 17.0 Å². The average molecular weight is 769 g/mol. The van der Waals surface area contributed by atoms with E-state index in [2.05, 4.69) is 225 Å². The number of allylic oxidation sites excluding steroid dienone is 4. The van der Waals surface area contributed by atoms with Gasteiger partial charge in [-0.2, -0.15) is 0 Å². The van der Waals surface area contributed by atoms with Gasteiger partial charge < -0.3 is 9.88 Å². The summed E-state index contributed by atoms with van der Waals surface area (Å²) in [5.41, 5.74) is 22.8. The first kappa shape index (κ1) is 34.8. The number of benzene rings is 8. The van der Waals surface area contributed by atoms with Crippen LogP contribution in [0.5, 0.6) is 0 Å². The fourth-order valence-corrected chi connectivity index (χ4v) is 10.7. The molecule has 2 atom stereocenters. The molecule has 8 aromatic carbocycles. The van der Waals surface area contributed by atoms with E-state index in [0.29, 0.717) is 5.92 Å². The number of fused-ring (bicyclic) bond motifs is 11. The summed E-state index contributed by atoms with van der Waals surface area (Å²) < 4.78 is 2.50. The second-order valence-electron chi connectivity index (χ2n) is 17.4. The van der Waals surface area contributed by atoms with Gasteiger partial charge in [-0.25, -0.2) is 0 Å². The highest BCUT2D eigenvalue weighted by atomic mass is 15.0. The molecule has 60 heavy (non-hydrogen) atoms. The Hall–Kier alpha value is -7.16. The summed E-state index contributed by atoms with van der Waals surface area (Å²) in [5, 5.41) is 6.43. The van der Waals surface area contributed by atoms with Crippen LogP contribution in [0, 0.1) is 5.92 Å². The Morgan fingerprint density at radius 2 is 1.23 bits per heavy atom. The number of hydrogen-bond acceptors (Lipinski definition) is 1. The molecule has 2 aliphatic carbocycles. The Kier molecular flexibility index (Phi) is 7.65. The molecule has 0 saturated carbocycles. The van der Waals surface area contributed by atoms with Crippen molar-refractivity contribution in [3.05, 3.63) is 216 Å². The minimum absolute atomic E-state index is 0.0497. The van der Waals surface area contributed by atoms with E-state index < -0.39 is 0 Å². The minimum Gasteiger partial charge on any atom is -0.355 e. The number of aromatic nitrogens is 1. The number of hydrogen-bond donors (Lipinski definition) is 1. The van der Waals surface area contributed by atoms with Crippen molar-refractivity contribution >= 4 is 38.8 Å². The molecule has 2 nitrogen and oxygen atoms in total. The maximum atomic E-state index is 3.86. The van der Waals surface area contributed by atoms with Crippen molar-refractivity contribution in [3.63, 3.8) is 0 Å². The molecule has 3 aliphatic rings. The monoisotopic (exact) mass is 768 g/mol. The van der Waals surface area contributed by atoms with E-state index in [1.807, 2.05) is 0 Å². The van der Waals surface area contributed by atoms with Gasteiger partial charge in [-0.15, -0.1) is 0 Å². The zero-order valence-corrected chi connectivity index (χ0v) is 34.1. The molecule has 0 bridgehead atoms. The van der Waals surface area contributed by atoms with Gasteiger partial charge in [0.1, 0.15) is 0 Å². The number of anilines is 2. The van der Waals surface area contributed by atoms with Gasteiger partial charge in [-0.1, -0.05) is 172 Å². The predicted octanol–water partition coefficient (Wildman–Crippen LogP) is 15.5. The maximum absolute atomic E-state index is 3.86. The normalized spacial score (nSPS) is 16.8. The van der Waals surface area contributed by atoms with Gasteiger partial charge in [0.05, 0.1) is 16.7 Å². The second-order valence-corrected chi connectivity index (χ2v) is 17.4. The Morgan fingerprint density at radius 3 is 2.07 bits per heavy atom. The van der Waals surface area contributed by atoms with E-state index in [1.165, 1.54) is 99.8 Å². The zero-order chi connectivity index (χ0) is 40.1. The number of para-hydroxylation sites is 2. The fraction of sp³-hybridized carbons (Fsp3) is 0.103. The lowest BCUT2D eigenvalue weighted by Gasteiger charge is -2.25. The molecular formula is C58H44N2. The van der Waals surface area contributed by atoms with Crippen molar-refractivity contribution in [2.24, 2.45) is 5.92 Å². The van der Waals surface area contributed by atoms with Crippen LogP contribution in [0.4, 0.5) is 11.4 Å². The summed E-state index contributed by atoms with van der Waals surface area (Å²) in [6.07, 6.45) is 7.25. The third kappa shape index (κ3) is 5.20. The summed E-state index contributed by atoms with van der Waals surface area (Å²) in [5.74, 6) is 0.567. The average Bonchev–Trinajstić information content (AvgIpc) is 3.69. The van der Waals surface area contributed by atoms with Gasteiger partial charge in [0.2, 0.25) is 0 Å². The highest BCUT2D eigenvalue weighted by Gasteiger charge is 2.35. The summed E-state index contributed by atoms with van der Waals surface area (Å²) in [7, 11) is 0. The molecule has 2 unspecified atom stereocenters. The van der Waals surface area contributed by atoms with Gasteiger partial charge >= 0.3 is 0 Å². The fourth-order valence-electron chi connectivity index (χ4n) is 10.7. The Morgan fingerprint density at radius 1 is 0.517 bits per heavy atom. The predicted molar refractivity (Wildman–Crippen MR) is 253 cm³/mol. The standard InChI is InChI=1S/C58H44N2/c1-36-32-38(39-26-31-56-51(33-39)49-21-13-20-48-44-17-8-7-16-43(44)47-19-10-12-23-55(47)60(56)57(48)49)24-28-42(36)40-25-30-54(50(34-40)37-14-5-4-6-15-37)59-41-27-29-46-45-18-9-11-22-52(45)58(2,3)53(46)35-41/h4-36,42,59H,1-3H3. The molecule has 2 heterocycles. The van der Waals surface area contributed by atoms with Gasteiger partial charge in [0, 0.05) is 50.2 Å². The van der Waals surface area contributed by atoms with E-state index in [4.69, 9.17) is 0 Å². The number of rotatable bonds is 5. The van der Waals surface area contributed by atoms with Crippen LogP contribution in [0.25, 0.3) is 77.6 Å². The first-order valence-corrected chi connectivity index (χ1v) is 21.3. The molecule has 0 spiro atoms. The molecule has 1 N–H and O–H groups in total. The first-order valence-electron chi connectivity index (χ1n) is 21.3. The zero-order valence-electron chi connectivity index (χ0n) is 34.1. The second kappa shape index (κ2) is 13.2. The first-order chi connectivity index (χ1) is 29.4. The lowest BCUT2D eigenvalue weighted by Crippen LogP contribution is -2.15. The Labute approximate surface area is 351 Å². The minimum atomic E-state index is -0.0497. The highest BCUT2D eigenvalue weighted by molar-refractivity contribution is 6.17. The van der Waals surface area contributed by atoms with Gasteiger partial charge in [-0.05, 0) is 104 Å². The SMILES string of the molecule is CC1C=C(c2ccc3c(c2)c2cccc4c2n3-c2ccccc2-c2ccccc2-4)C=CC1c1ccc(Nc2ccc3c(c2)C(C)(C)c2ccccc2-3)c(-c2ccccc2)c1. The summed E-state index contributed by atoms with van der Waals surface area (Å²) in [6, 6.07) is 65.2. The van der Waals surface area contributed by atoms with Crippen molar-refractivity contribution in [1.82, 2.24) is 4.57 Å². The van der Waals surface area contributed by atoms with Crippen LogP contribution in [-0.2, 0) is 5.41 Å². The van der Waals surface area contributed by atoms with Crippen molar-refractivity contribution in [1.29, 1.82) is 0 Å². The lowest BCUT2D eigenvalue weighted by atomic mass is 9.80. The van der Waals surface area contributed by atoms with E-state index in [9.17, 15) is 0 Å². The summed E-state index contributed by atoms with van der Waals surface area (Å²) in [4.78, 5) is 0. The van der Waals surface area contributed by atoms with Crippen LogP contribution < -0.4 is 5.32 Å². The molecular weight excluding hydrogens is 725 g/mol. The third-order valence-electron chi connectivity index (χ3n) is 13.6.